The number of aromatic nitrogens is 4. The molecule has 0 aromatic carbocycles. The van der Waals surface area contributed by atoms with Gasteiger partial charge in [0.15, 0.2) is 28.9 Å². The van der Waals surface area contributed by atoms with Crippen LogP contribution in [0.3, 0.4) is 0 Å². The van der Waals surface area contributed by atoms with Crippen molar-refractivity contribution in [1.82, 2.24) is 30.2 Å². The molecule has 2 aromatic rings. The number of anilines is 1. The van der Waals surface area contributed by atoms with Crippen molar-refractivity contribution >= 4 is 75.1 Å². The molecule has 0 spiro atoms. The second kappa shape index (κ2) is 21.7. The minimum atomic E-state index is -5.59. The van der Waals surface area contributed by atoms with Gasteiger partial charge in [0.05, 0.1) is 19.5 Å². The Hall–Kier alpha value is -3.01. The summed E-state index contributed by atoms with van der Waals surface area (Å²) in [4.78, 5) is 98.1. The van der Waals surface area contributed by atoms with Crippen molar-refractivity contribution in [2.75, 3.05) is 37.8 Å². The number of phosphoric ester groups is 3. The highest BCUT2D eigenvalue weighted by atomic mass is 32.2. The van der Waals surface area contributed by atoms with Crippen LogP contribution in [0.1, 0.15) is 52.2 Å². The first-order chi connectivity index (χ1) is 27.3. The topological polar surface area (TPSA) is 421 Å². The van der Waals surface area contributed by atoms with E-state index in [1.165, 1.54) is 13.8 Å². The number of nitrogens with one attached hydrogen (secondary N) is 2. The van der Waals surface area contributed by atoms with Crippen LogP contribution in [-0.4, -0.2) is 145 Å². The van der Waals surface area contributed by atoms with Crippen LogP contribution in [0.2, 0.25) is 0 Å². The Bertz CT molecular complexity index is 1940. The predicted molar refractivity (Wildman–Crippen MR) is 199 cm³/mol. The van der Waals surface area contributed by atoms with Crippen LogP contribution in [-0.2, 0) is 55.5 Å². The summed E-state index contributed by atoms with van der Waals surface area (Å²) in [6.07, 6.45) is -7.66. The van der Waals surface area contributed by atoms with E-state index in [9.17, 15) is 67.8 Å². The Morgan fingerprint density at radius 3 is 2.34 bits per heavy atom. The average Bonchev–Trinajstić information content (AvgIpc) is 3.69. The number of aliphatic hydroxyl groups excluding tert-OH is 3. The average molecular weight is 926 g/mol. The number of carboxylic acids is 1. The number of aliphatic carboxylic acids is 1. The third-order valence-corrected chi connectivity index (χ3v) is 12.2. The molecule has 3 heterocycles. The number of nitrogen functional groups attached to an aromatic ring is 1. The van der Waals surface area contributed by atoms with Gasteiger partial charge < -0.3 is 61.1 Å². The number of carbonyl (C=O) groups is 4. The molecule has 3 rings (SSSR count). The molecule has 0 radical (unpaired) electrons. The summed E-state index contributed by atoms with van der Waals surface area (Å²) < 4.78 is 62.0. The minimum absolute atomic E-state index is 0.0180. The molecule has 0 bridgehead atoms. The van der Waals surface area contributed by atoms with E-state index >= 15 is 0 Å². The van der Waals surface area contributed by atoms with Crippen molar-refractivity contribution in [2.45, 2.75) is 82.7 Å². The molecule has 1 fully saturated rings. The van der Waals surface area contributed by atoms with Gasteiger partial charge in [-0.3, -0.25) is 32.5 Å². The van der Waals surface area contributed by atoms with Crippen molar-refractivity contribution < 1.29 is 95.5 Å². The number of aliphatic hydroxyl groups is 3. The van der Waals surface area contributed by atoms with Crippen molar-refractivity contribution in [1.29, 1.82) is 0 Å². The van der Waals surface area contributed by atoms with Crippen molar-refractivity contribution in [3.8, 4) is 0 Å². The van der Waals surface area contributed by atoms with Crippen LogP contribution in [0.4, 0.5) is 5.82 Å². The summed E-state index contributed by atoms with van der Waals surface area (Å²) in [5.74, 6) is -2.67. The summed E-state index contributed by atoms with van der Waals surface area (Å²) in [7, 11) is -16.5. The number of amides is 2. The summed E-state index contributed by atoms with van der Waals surface area (Å²) in [6, 6.07) is 0. The number of nitrogens with two attached hydrogens (primary N) is 1. The zero-order valence-electron chi connectivity index (χ0n) is 31.3. The molecule has 8 atom stereocenters. The Kier molecular flexibility index (Phi) is 18.5. The Labute approximate surface area is 338 Å². The van der Waals surface area contributed by atoms with Gasteiger partial charge in [-0.1, -0.05) is 25.6 Å². The number of hydrogen-bond donors (Lipinski definition) is 11. The number of imidazole rings is 1. The smallest absolute Gasteiger partial charge is 0.479 e. The molecule has 2 amide bonds. The molecule has 12 N–H and O–H groups in total. The SMILES string of the molecule is CC(C)(COP(=O)(O)OP(=O)(O)OC[C@H]1O[C@@H](n2cnc3c(N)ncnc32)[C@H](O)[C@@H]1OP(=O)(O)O)[C@@H](O)C(=O)NCCC(=O)NCCSC(=O)CCCCC(O)C(=O)O. The van der Waals surface area contributed by atoms with Crippen LogP contribution < -0.4 is 16.4 Å². The van der Waals surface area contributed by atoms with Crippen LogP contribution >= 0.6 is 35.2 Å². The molecule has 27 nitrogen and oxygen atoms in total. The van der Waals surface area contributed by atoms with Crippen molar-refractivity contribution in [2.24, 2.45) is 5.41 Å². The first kappa shape index (κ1) is 50.3. The summed E-state index contributed by atoms with van der Waals surface area (Å²) in [5.41, 5.74) is 4.20. The lowest BCUT2D eigenvalue weighted by atomic mass is 9.87. The fraction of sp³-hybridized carbons (Fsp3) is 0.679. The number of phosphoric acid groups is 3. The lowest BCUT2D eigenvalue weighted by Crippen LogP contribution is -2.46. The number of rotatable bonds is 25. The molecule has 59 heavy (non-hydrogen) atoms. The second-order valence-electron chi connectivity index (χ2n) is 13.4. The zero-order chi connectivity index (χ0) is 44.3. The lowest BCUT2D eigenvalue weighted by Gasteiger charge is -2.30. The molecule has 2 aromatic heterocycles. The summed E-state index contributed by atoms with van der Waals surface area (Å²) in [6.45, 7) is 0.250. The van der Waals surface area contributed by atoms with E-state index < -0.39 is 96.6 Å². The maximum Gasteiger partial charge on any atom is 0.481 e. The van der Waals surface area contributed by atoms with E-state index in [-0.39, 0.29) is 60.2 Å². The standard InChI is InChI=1S/C28H46N7O20P3S/c1-28(2,22(40)25(41)31-8-7-17(37)30-9-10-59-18(38)6-4-3-5-15(36)27(42)43)12-52-58(49,50)55-57(47,48)51-11-16-21(54-56(44,45)46)20(39)26(53-16)35-14-34-19-23(29)32-13-33-24(19)35/h13-16,20-22,26,36,39-40H,3-12H2,1-2H3,(H,30,37)(H,31,41)(H,42,43)(H,47,48)(H,49,50)(H2,29,32,33)(H2,44,45,46)/t15?,16-,20-,21-,22+,26-/m1/s1. The summed E-state index contributed by atoms with van der Waals surface area (Å²) >= 11 is 0.957. The fourth-order valence-electron chi connectivity index (χ4n) is 5.10. The van der Waals surface area contributed by atoms with Crippen LogP contribution in [0.5, 0.6) is 0 Å². The number of carboxylic acid groups (broad SMARTS) is 1. The number of thioether (sulfide) groups is 1. The number of nitrogens with zero attached hydrogens (tertiary/aromatic N) is 4. The maximum absolute atomic E-state index is 12.7. The number of unbranched alkanes of at least 4 members (excludes halogenated alkanes) is 1. The number of hydrogen-bond acceptors (Lipinski definition) is 20. The molecular formula is C28H46N7O20P3S. The monoisotopic (exact) mass is 925 g/mol. The largest absolute Gasteiger partial charge is 0.481 e. The van der Waals surface area contributed by atoms with Gasteiger partial charge in [-0.15, -0.1) is 0 Å². The van der Waals surface area contributed by atoms with E-state index in [4.69, 9.17) is 24.6 Å². The van der Waals surface area contributed by atoms with Gasteiger partial charge >= 0.3 is 29.4 Å². The van der Waals surface area contributed by atoms with E-state index in [1.54, 1.807) is 0 Å². The van der Waals surface area contributed by atoms with Crippen LogP contribution in [0, 0.1) is 5.41 Å². The van der Waals surface area contributed by atoms with E-state index in [0.29, 0.717) is 12.8 Å². The Balaban J connectivity index is 1.43. The third-order valence-electron chi connectivity index (χ3n) is 8.16. The molecule has 0 saturated carbocycles. The number of carbonyl (C=O) groups excluding carboxylic acids is 3. The highest BCUT2D eigenvalue weighted by Gasteiger charge is 2.50. The first-order valence-electron chi connectivity index (χ1n) is 17.3. The maximum atomic E-state index is 12.7. The van der Waals surface area contributed by atoms with E-state index in [0.717, 1.165) is 29.0 Å². The molecular weight excluding hydrogens is 879 g/mol. The van der Waals surface area contributed by atoms with E-state index in [1.807, 2.05) is 0 Å². The van der Waals surface area contributed by atoms with Gasteiger partial charge in [-0.05, 0) is 19.3 Å². The van der Waals surface area contributed by atoms with Gasteiger partial charge in [-0.2, -0.15) is 4.31 Å². The second-order valence-corrected chi connectivity index (χ2v) is 18.8. The Morgan fingerprint density at radius 1 is 1.00 bits per heavy atom. The Morgan fingerprint density at radius 2 is 1.68 bits per heavy atom. The van der Waals surface area contributed by atoms with E-state index in [2.05, 4.69) is 34.4 Å². The van der Waals surface area contributed by atoms with Crippen LogP contribution in [0.25, 0.3) is 11.2 Å². The first-order valence-corrected chi connectivity index (χ1v) is 22.8. The van der Waals surface area contributed by atoms with Crippen LogP contribution in [0.15, 0.2) is 12.7 Å². The minimum Gasteiger partial charge on any atom is -0.479 e. The van der Waals surface area contributed by atoms with Gasteiger partial charge in [0.25, 0.3) is 0 Å². The van der Waals surface area contributed by atoms with Crippen molar-refractivity contribution in [3.63, 3.8) is 0 Å². The molecule has 334 valence electrons. The highest BCUT2D eigenvalue weighted by molar-refractivity contribution is 8.13. The van der Waals surface area contributed by atoms with Gasteiger partial charge in [0.1, 0.15) is 36.3 Å². The number of ether oxygens (including phenoxy) is 1. The zero-order valence-corrected chi connectivity index (χ0v) is 34.8. The van der Waals surface area contributed by atoms with Gasteiger partial charge in [-0.25, -0.2) is 33.4 Å². The molecule has 1 saturated heterocycles. The summed E-state index contributed by atoms with van der Waals surface area (Å²) in [5, 5.41) is 44.0. The molecule has 3 unspecified atom stereocenters. The predicted octanol–water partition coefficient (Wildman–Crippen LogP) is -1.33. The number of fused-ring (bicyclic) bond motifs is 1. The highest BCUT2D eigenvalue weighted by Crippen LogP contribution is 2.61. The molecule has 1 aliphatic heterocycles. The van der Waals surface area contributed by atoms with Crippen molar-refractivity contribution in [3.05, 3.63) is 12.7 Å². The molecule has 1 aliphatic rings. The third kappa shape index (κ3) is 16.1. The van der Waals surface area contributed by atoms with Gasteiger partial charge in [0.2, 0.25) is 11.8 Å². The fourth-order valence-corrected chi connectivity index (χ4v) is 8.65. The quantitative estimate of drug-likeness (QED) is 0.0406. The normalized spacial score (nSPS) is 21.6. The van der Waals surface area contributed by atoms with Gasteiger partial charge in [0, 0.05) is 37.1 Å². The molecule has 31 heteroatoms. The lowest BCUT2D eigenvalue weighted by molar-refractivity contribution is -0.147. The molecule has 0 aliphatic carbocycles.